The van der Waals surface area contributed by atoms with Crippen LogP contribution in [0.2, 0.25) is 5.02 Å². The molecule has 0 aliphatic carbocycles. The maximum Gasteiger partial charge on any atom is 0.287 e. The molecule has 0 bridgehead atoms. The summed E-state index contributed by atoms with van der Waals surface area (Å²) in [4.78, 5) is 14.5. The van der Waals surface area contributed by atoms with Gasteiger partial charge in [0.1, 0.15) is 22.6 Å². The summed E-state index contributed by atoms with van der Waals surface area (Å²) >= 11 is 9.16. The van der Waals surface area contributed by atoms with Crippen molar-refractivity contribution in [2.75, 3.05) is 5.43 Å². The molecule has 0 fully saturated rings. The average molecular weight is 374 g/mol. The quantitative estimate of drug-likeness (QED) is 0.473. The van der Waals surface area contributed by atoms with Crippen LogP contribution in [-0.2, 0) is 6.61 Å². The molecule has 3 N–H and O–H groups in total. The van der Waals surface area contributed by atoms with E-state index in [0.717, 1.165) is 0 Å². The van der Waals surface area contributed by atoms with E-state index in [4.69, 9.17) is 22.2 Å². The van der Waals surface area contributed by atoms with Crippen molar-refractivity contribution in [3.05, 3.63) is 55.6 Å². The van der Waals surface area contributed by atoms with E-state index in [9.17, 15) is 10.1 Å². The molecule has 110 valence electrons. The van der Waals surface area contributed by atoms with Crippen LogP contribution in [0.25, 0.3) is 0 Å². The van der Waals surface area contributed by atoms with Crippen molar-refractivity contribution in [1.82, 2.24) is 4.98 Å². The van der Waals surface area contributed by atoms with Gasteiger partial charge >= 0.3 is 0 Å². The topological polar surface area (TPSA) is 103 Å². The Balaban J connectivity index is 2.21. The Kier molecular flexibility index (Phi) is 4.94. The average Bonchev–Trinajstić information content (AvgIpc) is 2.47. The zero-order chi connectivity index (χ0) is 15.4. The zero-order valence-corrected chi connectivity index (χ0v) is 12.9. The van der Waals surface area contributed by atoms with Crippen LogP contribution in [0, 0.1) is 10.1 Å². The van der Waals surface area contributed by atoms with Crippen molar-refractivity contribution in [3.63, 3.8) is 0 Å². The highest BCUT2D eigenvalue weighted by Crippen LogP contribution is 2.34. The number of hydrogen-bond donors (Lipinski definition) is 2. The SMILES string of the molecule is NNc1ccc(Cl)c(COc2cccc([N+](=O)[O-])c2Br)n1. The van der Waals surface area contributed by atoms with E-state index in [-0.39, 0.29) is 16.8 Å². The van der Waals surface area contributed by atoms with Gasteiger partial charge < -0.3 is 10.2 Å². The second-order valence-electron chi connectivity index (χ2n) is 3.90. The predicted molar refractivity (Wildman–Crippen MR) is 82.2 cm³/mol. The van der Waals surface area contributed by atoms with Crippen LogP contribution < -0.4 is 16.0 Å². The van der Waals surface area contributed by atoms with E-state index >= 15 is 0 Å². The molecule has 7 nitrogen and oxygen atoms in total. The number of pyridine rings is 1. The second-order valence-corrected chi connectivity index (χ2v) is 5.10. The van der Waals surface area contributed by atoms with Gasteiger partial charge in [-0.1, -0.05) is 17.7 Å². The summed E-state index contributed by atoms with van der Waals surface area (Å²) in [6.45, 7) is 0.0497. The molecule has 2 rings (SSSR count). The number of nitro benzene ring substituents is 1. The zero-order valence-electron chi connectivity index (χ0n) is 10.5. The molecule has 2 aromatic rings. The Morgan fingerprint density at radius 3 is 2.86 bits per heavy atom. The van der Waals surface area contributed by atoms with Crippen molar-refractivity contribution in [2.45, 2.75) is 6.61 Å². The van der Waals surface area contributed by atoms with Crippen LogP contribution >= 0.6 is 27.5 Å². The minimum Gasteiger partial charge on any atom is -0.486 e. The third-order valence-electron chi connectivity index (χ3n) is 2.57. The summed E-state index contributed by atoms with van der Waals surface area (Å²) in [6, 6.07) is 7.77. The molecule has 0 unspecified atom stereocenters. The molecule has 1 heterocycles. The Bertz CT molecular complexity index is 684. The number of nitrogens with zero attached hydrogens (tertiary/aromatic N) is 2. The van der Waals surface area contributed by atoms with Gasteiger partial charge in [0, 0.05) is 6.07 Å². The minimum atomic E-state index is -0.499. The summed E-state index contributed by atoms with van der Waals surface area (Å²) in [5.41, 5.74) is 2.79. The Hall–Kier alpha value is -1.90. The monoisotopic (exact) mass is 372 g/mol. The number of benzene rings is 1. The largest absolute Gasteiger partial charge is 0.486 e. The van der Waals surface area contributed by atoms with Gasteiger partial charge in [-0.05, 0) is 34.1 Å². The molecule has 1 aromatic heterocycles. The lowest BCUT2D eigenvalue weighted by Gasteiger charge is -2.10. The fourth-order valence-corrected chi connectivity index (χ4v) is 2.25. The molecule has 0 aliphatic rings. The summed E-state index contributed by atoms with van der Waals surface area (Å²) in [5.74, 6) is 6.04. The highest BCUT2D eigenvalue weighted by Gasteiger charge is 2.16. The van der Waals surface area contributed by atoms with Gasteiger partial charge in [-0.3, -0.25) is 10.1 Å². The lowest BCUT2D eigenvalue weighted by molar-refractivity contribution is -0.385. The summed E-state index contributed by atoms with van der Waals surface area (Å²) < 4.78 is 5.79. The highest BCUT2D eigenvalue weighted by atomic mass is 79.9. The van der Waals surface area contributed by atoms with E-state index in [0.29, 0.717) is 22.3 Å². The third-order valence-corrected chi connectivity index (χ3v) is 3.71. The molecule has 0 saturated carbocycles. The molecule has 9 heteroatoms. The summed E-state index contributed by atoms with van der Waals surface area (Å²) in [5, 5.41) is 11.3. The van der Waals surface area contributed by atoms with Crippen LogP contribution in [0.3, 0.4) is 0 Å². The molecule has 0 atom stereocenters. The number of rotatable bonds is 5. The number of nitrogen functional groups attached to an aromatic ring is 1. The number of nitrogens with one attached hydrogen (secondary N) is 1. The Morgan fingerprint density at radius 1 is 1.43 bits per heavy atom. The maximum atomic E-state index is 10.9. The number of hydrazine groups is 1. The maximum absolute atomic E-state index is 10.9. The normalized spacial score (nSPS) is 10.2. The van der Waals surface area contributed by atoms with E-state index in [1.807, 2.05) is 0 Å². The van der Waals surface area contributed by atoms with Crippen LogP contribution in [0.5, 0.6) is 5.75 Å². The molecule has 0 spiro atoms. The first-order valence-electron chi connectivity index (χ1n) is 5.70. The van der Waals surface area contributed by atoms with Gasteiger partial charge in [-0.2, -0.15) is 0 Å². The lowest BCUT2D eigenvalue weighted by atomic mass is 10.3. The summed E-state index contributed by atoms with van der Waals surface area (Å²) in [6.07, 6.45) is 0. The fourth-order valence-electron chi connectivity index (χ4n) is 1.56. The van der Waals surface area contributed by atoms with Crippen molar-refractivity contribution in [1.29, 1.82) is 0 Å². The number of anilines is 1. The van der Waals surface area contributed by atoms with Gasteiger partial charge in [-0.15, -0.1) is 0 Å². The number of hydrogen-bond acceptors (Lipinski definition) is 6. The number of halogens is 2. The van der Waals surface area contributed by atoms with Crippen LogP contribution in [0.4, 0.5) is 11.5 Å². The van der Waals surface area contributed by atoms with Gasteiger partial charge in [0.05, 0.1) is 15.6 Å². The molecular formula is C12H10BrClN4O3. The number of ether oxygens (including phenoxy) is 1. The van der Waals surface area contributed by atoms with E-state index in [2.05, 4.69) is 26.3 Å². The molecule has 0 saturated heterocycles. The second kappa shape index (κ2) is 6.70. The van der Waals surface area contributed by atoms with Crippen molar-refractivity contribution >= 4 is 39.0 Å². The van der Waals surface area contributed by atoms with Crippen molar-refractivity contribution in [2.24, 2.45) is 5.84 Å². The molecule has 21 heavy (non-hydrogen) atoms. The van der Waals surface area contributed by atoms with E-state index in [1.54, 1.807) is 18.2 Å². The number of nitro groups is 1. The summed E-state index contributed by atoms with van der Waals surface area (Å²) in [7, 11) is 0. The van der Waals surface area contributed by atoms with E-state index in [1.165, 1.54) is 12.1 Å². The predicted octanol–water partition coefficient (Wildman–Crippen LogP) is 3.27. The Morgan fingerprint density at radius 2 is 2.19 bits per heavy atom. The first-order chi connectivity index (χ1) is 10.0. The first-order valence-corrected chi connectivity index (χ1v) is 6.87. The number of nitrogens with two attached hydrogens (primary N) is 1. The lowest BCUT2D eigenvalue weighted by Crippen LogP contribution is -2.10. The standard InChI is InChI=1S/C12H10BrClN4O3/c13-12-9(18(19)20)2-1-3-10(12)21-6-8-7(14)4-5-11(16-8)17-15/h1-5H,6,15H2,(H,16,17). The van der Waals surface area contributed by atoms with Gasteiger partial charge in [0.25, 0.3) is 5.69 Å². The first kappa shape index (κ1) is 15.5. The number of aromatic nitrogens is 1. The third kappa shape index (κ3) is 3.60. The van der Waals surface area contributed by atoms with Gasteiger partial charge in [0.15, 0.2) is 0 Å². The van der Waals surface area contributed by atoms with Crippen molar-refractivity contribution in [3.8, 4) is 5.75 Å². The molecule has 0 radical (unpaired) electrons. The molecule has 1 aromatic carbocycles. The van der Waals surface area contributed by atoms with Gasteiger partial charge in [-0.25, -0.2) is 10.8 Å². The molecule has 0 aliphatic heterocycles. The van der Waals surface area contributed by atoms with Crippen molar-refractivity contribution < 1.29 is 9.66 Å². The molecule has 0 amide bonds. The van der Waals surface area contributed by atoms with Crippen LogP contribution in [0.15, 0.2) is 34.8 Å². The van der Waals surface area contributed by atoms with Crippen LogP contribution in [0.1, 0.15) is 5.69 Å². The highest BCUT2D eigenvalue weighted by molar-refractivity contribution is 9.10. The molecular weight excluding hydrogens is 364 g/mol. The minimum absolute atomic E-state index is 0.0497. The fraction of sp³-hybridized carbons (Fsp3) is 0.0833. The van der Waals surface area contributed by atoms with Crippen LogP contribution in [-0.4, -0.2) is 9.91 Å². The smallest absolute Gasteiger partial charge is 0.287 e. The Labute approximate surface area is 133 Å². The van der Waals surface area contributed by atoms with E-state index < -0.39 is 4.92 Å². The van der Waals surface area contributed by atoms with Gasteiger partial charge in [0.2, 0.25) is 0 Å².